The molecule has 0 spiro atoms. The van der Waals surface area contributed by atoms with Crippen molar-refractivity contribution in [2.45, 2.75) is 56.2 Å². The molecule has 0 saturated carbocycles. The minimum atomic E-state index is -1.24. The lowest BCUT2D eigenvalue weighted by atomic mass is 9.98. The molecule has 8 nitrogen and oxygen atoms in total. The predicted molar refractivity (Wildman–Crippen MR) is 102 cm³/mol. The highest BCUT2D eigenvalue weighted by molar-refractivity contribution is 8.16. The Labute approximate surface area is 166 Å². The van der Waals surface area contributed by atoms with Gasteiger partial charge in [-0.25, -0.2) is 9.59 Å². The number of aliphatic imine (C=N–C) groups is 1. The molecule has 2 aliphatic rings. The van der Waals surface area contributed by atoms with Crippen molar-refractivity contribution in [3.8, 4) is 0 Å². The number of benzene rings is 1. The lowest BCUT2D eigenvalue weighted by Crippen LogP contribution is -2.57. The quantitative estimate of drug-likeness (QED) is 0.712. The van der Waals surface area contributed by atoms with Gasteiger partial charge in [-0.3, -0.25) is 4.99 Å². The number of aliphatic hydroxyl groups is 2. The lowest BCUT2D eigenvalue weighted by molar-refractivity contribution is -0.166. The Balaban J connectivity index is 1.75. The average molecular weight is 409 g/mol. The molecule has 28 heavy (non-hydrogen) atoms. The van der Waals surface area contributed by atoms with Crippen LogP contribution in [0, 0.1) is 0 Å². The molecule has 0 bridgehead atoms. The highest BCUT2D eigenvalue weighted by Gasteiger charge is 2.51. The largest absolute Gasteiger partial charge is 0.455 e. The van der Waals surface area contributed by atoms with Crippen molar-refractivity contribution in [3.63, 3.8) is 0 Å². The molecule has 1 aromatic carbocycles. The SMILES string of the molecule is CC(C)(C)OC(=O)C1=NC2C(OC(CO)C(OC(=O)c3ccccc3)C2O)S1. The van der Waals surface area contributed by atoms with Crippen molar-refractivity contribution in [2.24, 2.45) is 4.99 Å². The third-order valence-corrected chi connectivity index (χ3v) is 5.26. The third-order valence-electron chi connectivity index (χ3n) is 4.14. The fraction of sp³-hybridized carbons (Fsp3) is 0.526. The topological polar surface area (TPSA) is 115 Å². The Morgan fingerprint density at radius 2 is 1.89 bits per heavy atom. The standard InChI is InChI=1S/C19H23NO7S/c1-19(2,3)27-17(24)15-20-12-13(22)14(11(9-21)25-18(12)28-15)26-16(23)10-7-5-4-6-8-10/h4-8,11-14,18,21-22H,9H2,1-3H3. The molecule has 2 N–H and O–H groups in total. The smallest absolute Gasteiger partial charge is 0.363 e. The van der Waals surface area contributed by atoms with Crippen LogP contribution in [0.1, 0.15) is 31.1 Å². The van der Waals surface area contributed by atoms with Gasteiger partial charge in [0.2, 0.25) is 0 Å². The number of hydrogen-bond acceptors (Lipinski definition) is 9. The normalized spacial score (nSPS) is 29.6. The molecule has 2 heterocycles. The van der Waals surface area contributed by atoms with Gasteiger partial charge in [0, 0.05) is 0 Å². The summed E-state index contributed by atoms with van der Waals surface area (Å²) in [7, 11) is 0. The van der Waals surface area contributed by atoms with Crippen molar-refractivity contribution in [3.05, 3.63) is 35.9 Å². The number of aliphatic hydroxyl groups excluding tert-OH is 2. The van der Waals surface area contributed by atoms with Gasteiger partial charge in [0.25, 0.3) is 0 Å². The Bertz CT molecular complexity index is 761. The minimum absolute atomic E-state index is 0.0794. The zero-order chi connectivity index (χ0) is 20.5. The van der Waals surface area contributed by atoms with Crippen LogP contribution in [-0.2, 0) is 19.0 Å². The molecule has 0 aromatic heterocycles. The zero-order valence-electron chi connectivity index (χ0n) is 15.8. The lowest BCUT2D eigenvalue weighted by Gasteiger charge is -2.39. The van der Waals surface area contributed by atoms with Gasteiger partial charge in [-0.05, 0) is 32.9 Å². The summed E-state index contributed by atoms with van der Waals surface area (Å²) >= 11 is 1.03. The number of thioether (sulfide) groups is 1. The molecule has 0 amide bonds. The number of carbonyl (C=O) groups is 2. The average Bonchev–Trinajstić information content (AvgIpc) is 3.07. The van der Waals surface area contributed by atoms with Gasteiger partial charge in [-0.15, -0.1) is 0 Å². The van der Waals surface area contributed by atoms with Crippen LogP contribution in [0.2, 0.25) is 0 Å². The van der Waals surface area contributed by atoms with Gasteiger partial charge in [0.15, 0.2) is 11.1 Å². The third kappa shape index (κ3) is 4.54. The molecular weight excluding hydrogens is 386 g/mol. The van der Waals surface area contributed by atoms with E-state index in [2.05, 4.69) is 4.99 Å². The maximum absolute atomic E-state index is 12.4. The van der Waals surface area contributed by atoms with Crippen LogP contribution >= 0.6 is 11.8 Å². The first-order valence-electron chi connectivity index (χ1n) is 8.88. The molecular formula is C19H23NO7S. The monoisotopic (exact) mass is 409 g/mol. The Morgan fingerprint density at radius 1 is 1.21 bits per heavy atom. The maximum Gasteiger partial charge on any atom is 0.363 e. The molecule has 152 valence electrons. The number of rotatable bonds is 4. The summed E-state index contributed by atoms with van der Waals surface area (Å²) in [4.78, 5) is 28.8. The summed E-state index contributed by atoms with van der Waals surface area (Å²) in [6, 6.07) is 7.49. The predicted octanol–water partition coefficient (Wildman–Crippen LogP) is 1.15. The first-order chi connectivity index (χ1) is 13.2. The van der Waals surface area contributed by atoms with E-state index in [0.29, 0.717) is 5.56 Å². The molecule has 2 aliphatic heterocycles. The first kappa shape index (κ1) is 20.8. The number of ether oxygens (including phenoxy) is 3. The summed E-state index contributed by atoms with van der Waals surface area (Å²) in [6.07, 6.45) is -3.30. The highest BCUT2D eigenvalue weighted by atomic mass is 32.2. The van der Waals surface area contributed by atoms with E-state index < -0.39 is 53.9 Å². The van der Waals surface area contributed by atoms with Crippen LogP contribution in [0.25, 0.3) is 0 Å². The van der Waals surface area contributed by atoms with Crippen molar-refractivity contribution < 1.29 is 34.0 Å². The van der Waals surface area contributed by atoms with Crippen molar-refractivity contribution in [2.75, 3.05) is 6.61 Å². The van der Waals surface area contributed by atoms with E-state index in [1.165, 1.54) is 0 Å². The number of esters is 2. The molecule has 9 heteroatoms. The Hall–Kier alpha value is -1.94. The molecule has 1 aromatic rings. The van der Waals surface area contributed by atoms with Crippen LogP contribution in [0.15, 0.2) is 35.3 Å². The van der Waals surface area contributed by atoms with Crippen LogP contribution in [0.4, 0.5) is 0 Å². The van der Waals surface area contributed by atoms with E-state index in [1.807, 2.05) is 0 Å². The molecule has 1 fully saturated rings. The summed E-state index contributed by atoms with van der Waals surface area (Å²) < 4.78 is 16.5. The molecule has 1 saturated heterocycles. The van der Waals surface area contributed by atoms with Crippen molar-refractivity contribution >= 4 is 28.7 Å². The molecule has 0 aliphatic carbocycles. The first-order valence-corrected chi connectivity index (χ1v) is 9.76. The Kier molecular flexibility index (Phi) is 6.09. The Morgan fingerprint density at radius 3 is 2.50 bits per heavy atom. The van der Waals surface area contributed by atoms with Gasteiger partial charge in [0.1, 0.15) is 29.3 Å². The van der Waals surface area contributed by atoms with Crippen LogP contribution in [-0.4, -0.2) is 69.2 Å². The highest BCUT2D eigenvalue weighted by Crippen LogP contribution is 2.38. The molecule has 5 unspecified atom stereocenters. The van der Waals surface area contributed by atoms with E-state index in [1.54, 1.807) is 51.1 Å². The summed E-state index contributed by atoms with van der Waals surface area (Å²) in [6.45, 7) is 4.76. The van der Waals surface area contributed by atoms with E-state index in [-0.39, 0.29) is 5.04 Å². The van der Waals surface area contributed by atoms with Crippen LogP contribution < -0.4 is 0 Å². The zero-order valence-corrected chi connectivity index (χ0v) is 16.6. The van der Waals surface area contributed by atoms with Crippen LogP contribution in [0.3, 0.4) is 0 Å². The van der Waals surface area contributed by atoms with Crippen molar-refractivity contribution in [1.82, 2.24) is 0 Å². The van der Waals surface area contributed by atoms with E-state index in [4.69, 9.17) is 14.2 Å². The number of fused-ring (bicyclic) bond motifs is 1. The number of carbonyl (C=O) groups excluding carboxylic acids is 2. The van der Waals surface area contributed by atoms with E-state index >= 15 is 0 Å². The van der Waals surface area contributed by atoms with Gasteiger partial charge in [0.05, 0.1) is 12.2 Å². The summed E-state index contributed by atoms with van der Waals surface area (Å²) in [5.74, 6) is -1.26. The minimum Gasteiger partial charge on any atom is -0.455 e. The second kappa shape index (κ2) is 8.20. The van der Waals surface area contributed by atoms with Crippen molar-refractivity contribution in [1.29, 1.82) is 0 Å². The van der Waals surface area contributed by atoms with E-state index in [0.717, 1.165) is 11.8 Å². The molecule has 3 rings (SSSR count). The second-order valence-electron chi connectivity index (χ2n) is 7.50. The molecule has 5 atom stereocenters. The molecule has 0 radical (unpaired) electrons. The summed E-state index contributed by atoms with van der Waals surface area (Å²) in [5.41, 5.74) is -1.05. The number of hydrogen-bond donors (Lipinski definition) is 2. The second-order valence-corrected chi connectivity index (χ2v) is 8.58. The van der Waals surface area contributed by atoms with Gasteiger partial charge in [-0.2, -0.15) is 0 Å². The van der Waals surface area contributed by atoms with Crippen LogP contribution in [0.5, 0.6) is 0 Å². The van der Waals surface area contributed by atoms with Gasteiger partial charge in [-0.1, -0.05) is 30.0 Å². The van der Waals surface area contributed by atoms with Gasteiger partial charge >= 0.3 is 11.9 Å². The fourth-order valence-corrected chi connectivity index (χ4v) is 4.00. The fourth-order valence-electron chi connectivity index (χ4n) is 2.90. The maximum atomic E-state index is 12.4. The number of nitrogens with zero attached hydrogens (tertiary/aromatic N) is 1. The summed E-state index contributed by atoms with van der Waals surface area (Å²) in [5, 5.41) is 20.5. The van der Waals surface area contributed by atoms with Gasteiger partial charge < -0.3 is 24.4 Å². The van der Waals surface area contributed by atoms with E-state index in [9.17, 15) is 19.8 Å².